The Labute approximate surface area is 146 Å². The van der Waals surface area contributed by atoms with E-state index in [1.165, 1.54) is 6.92 Å². The Morgan fingerprint density at radius 2 is 1.92 bits per heavy atom. The predicted octanol–water partition coefficient (Wildman–Crippen LogP) is 2.39. The van der Waals surface area contributed by atoms with Crippen molar-refractivity contribution >= 4 is 17.5 Å². The van der Waals surface area contributed by atoms with Gasteiger partial charge in [-0.25, -0.2) is 9.18 Å². The highest BCUT2D eigenvalue weighted by Crippen LogP contribution is 2.32. The first-order valence-electron chi connectivity index (χ1n) is 7.35. The smallest absolute Gasteiger partial charge is 0.419 e. The van der Waals surface area contributed by atoms with Crippen LogP contribution in [0.1, 0.15) is 29.8 Å². The number of carbonyl (C=O) groups is 2. The number of alkyl halides is 3. The monoisotopic (exact) mass is 375 g/mol. The molecular weight excluding hydrogens is 358 g/mol. The molecule has 6 nitrogen and oxygen atoms in total. The second-order valence-corrected chi connectivity index (χ2v) is 5.11. The largest absolute Gasteiger partial charge is 0.454 e. The molecule has 0 aromatic heterocycles. The number of ether oxygens (including phenoxy) is 1. The average Bonchev–Trinajstić information content (AvgIpc) is 2.51. The Kier molecular flexibility index (Phi) is 6.87. The van der Waals surface area contributed by atoms with Crippen LogP contribution in [0.3, 0.4) is 0 Å². The van der Waals surface area contributed by atoms with Crippen LogP contribution in [-0.2, 0) is 15.7 Å². The Balaban J connectivity index is 2.98. The van der Waals surface area contributed by atoms with Gasteiger partial charge in [0.25, 0.3) is 0 Å². The SMILES string of the molecule is CCN/C(N)=C(\C(C)=N)C(=O)OCC(=O)c1cccc(C(F)(F)F)c1F. The van der Waals surface area contributed by atoms with Gasteiger partial charge in [-0.15, -0.1) is 0 Å². The molecule has 1 rings (SSSR count). The van der Waals surface area contributed by atoms with Crippen molar-refractivity contribution in [1.29, 1.82) is 5.41 Å². The summed E-state index contributed by atoms with van der Waals surface area (Å²) >= 11 is 0. The zero-order valence-corrected chi connectivity index (χ0v) is 14.0. The fourth-order valence-corrected chi connectivity index (χ4v) is 1.99. The summed E-state index contributed by atoms with van der Waals surface area (Å²) in [5.41, 5.74) is 2.57. The molecule has 0 radical (unpaired) electrons. The highest BCUT2D eigenvalue weighted by atomic mass is 19.4. The summed E-state index contributed by atoms with van der Waals surface area (Å²) in [6.45, 7) is 2.29. The van der Waals surface area contributed by atoms with Crippen LogP contribution in [0.4, 0.5) is 17.6 Å². The fourth-order valence-electron chi connectivity index (χ4n) is 1.99. The third-order valence-corrected chi connectivity index (χ3v) is 3.15. The van der Waals surface area contributed by atoms with Crippen LogP contribution in [0.2, 0.25) is 0 Å². The number of halogens is 4. The van der Waals surface area contributed by atoms with Gasteiger partial charge in [-0.2, -0.15) is 13.2 Å². The quantitative estimate of drug-likeness (QED) is 0.223. The number of esters is 1. The third-order valence-electron chi connectivity index (χ3n) is 3.15. The van der Waals surface area contributed by atoms with E-state index < -0.39 is 41.5 Å². The fraction of sp³-hybridized carbons (Fsp3) is 0.312. The van der Waals surface area contributed by atoms with Gasteiger partial charge in [-0.3, -0.25) is 4.79 Å². The Hall–Kier alpha value is -2.91. The summed E-state index contributed by atoms with van der Waals surface area (Å²) in [4.78, 5) is 23.9. The zero-order chi connectivity index (χ0) is 20.1. The van der Waals surface area contributed by atoms with Gasteiger partial charge in [0.15, 0.2) is 6.61 Å². The van der Waals surface area contributed by atoms with Crippen molar-refractivity contribution in [2.75, 3.05) is 13.2 Å². The van der Waals surface area contributed by atoms with Crippen molar-refractivity contribution < 1.29 is 31.9 Å². The number of rotatable bonds is 7. The lowest BCUT2D eigenvalue weighted by atomic mass is 10.1. The molecule has 142 valence electrons. The van der Waals surface area contributed by atoms with Gasteiger partial charge in [0.1, 0.15) is 17.2 Å². The lowest BCUT2D eigenvalue weighted by molar-refractivity contribution is -0.140. The molecule has 0 bridgehead atoms. The summed E-state index contributed by atoms with van der Waals surface area (Å²) in [6, 6.07) is 2.22. The molecule has 0 aliphatic rings. The first kappa shape index (κ1) is 21.1. The van der Waals surface area contributed by atoms with E-state index in [1.54, 1.807) is 6.92 Å². The molecule has 0 fully saturated rings. The van der Waals surface area contributed by atoms with Crippen molar-refractivity contribution in [2.24, 2.45) is 5.73 Å². The number of benzene rings is 1. The molecule has 1 aromatic rings. The van der Waals surface area contributed by atoms with Gasteiger partial charge in [0, 0.05) is 12.3 Å². The number of ketones is 1. The van der Waals surface area contributed by atoms with Crippen molar-refractivity contribution in [3.05, 3.63) is 46.5 Å². The van der Waals surface area contributed by atoms with E-state index >= 15 is 0 Å². The normalized spacial score (nSPS) is 12.2. The molecule has 0 heterocycles. The van der Waals surface area contributed by atoms with Crippen LogP contribution in [0.5, 0.6) is 0 Å². The Morgan fingerprint density at radius 3 is 2.42 bits per heavy atom. The van der Waals surface area contributed by atoms with E-state index in [1.807, 2.05) is 0 Å². The van der Waals surface area contributed by atoms with Crippen LogP contribution < -0.4 is 11.1 Å². The highest BCUT2D eigenvalue weighted by molar-refractivity contribution is 6.18. The second kappa shape index (κ2) is 8.45. The molecular formula is C16H17F4N3O3. The maximum atomic E-state index is 13.9. The van der Waals surface area contributed by atoms with Gasteiger partial charge >= 0.3 is 12.1 Å². The summed E-state index contributed by atoms with van der Waals surface area (Å²) < 4.78 is 56.6. The molecule has 0 aliphatic carbocycles. The number of hydrogen-bond donors (Lipinski definition) is 3. The maximum Gasteiger partial charge on any atom is 0.419 e. The van der Waals surface area contributed by atoms with E-state index in [-0.39, 0.29) is 17.1 Å². The number of nitrogens with one attached hydrogen (secondary N) is 2. The highest BCUT2D eigenvalue weighted by Gasteiger charge is 2.35. The van der Waals surface area contributed by atoms with Crippen molar-refractivity contribution in [3.63, 3.8) is 0 Å². The number of Topliss-reactive ketones (excluding diaryl/α,β-unsaturated/α-hetero) is 1. The van der Waals surface area contributed by atoms with E-state index in [4.69, 9.17) is 11.1 Å². The predicted molar refractivity (Wildman–Crippen MR) is 85.0 cm³/mol. The Bertz CT molecular complexity index is 758. The molecule has 0 spiro atoms. The summed E-state index contributed by atoms with van der Waals surface area (Å²) in [6.07, 6.45) is -4.97. The molecule has 0 atom stereocenters. The maximum absolute atomic E-state index is 13.9. The summed E-state index contributed by atoms with van der Waals surface area (Å²) in [7, 11) is 0. The zero-order valence-electron chi connectivity index (χ0n) is 14.0. The average molecular weight is 375 g/mol. The second-order valence-electron chi connectivity index (χ2n) is 5.11. The molecule has 10 heteroatoms. The minimum absolute atomic E-state index is 0.150. The number of nitrogens with two attached hydrogens (primary N) is 1. The number of hydrogen-bond acceptors (Lipinski definition) is 6. The molecule has 0 saturated carbocycles. The Morgan fingerprint density at radius 1 is 1.31 bits per heavy atom. The van der Waals surface area contributed by atoms with Gasteiger partial charge in [-0.1, -0.05) is 6.07 Å². The molecule has 1 aromatic carbocycles. The molecule has 4 N–H and O–H groups in total. The molecule has 0 aliphatic heterocycles. The van der Waals surface area contributed by atoms with Crippen molar-refractivity contribution in [2.45, 2.75) is 20.0 Å². The third kappa shape index (κ3) is 5.04. The number of carbonyl (C=O) groups excluding carboxylic acids is 2. The standard InChI is InChI=1S/C16H17F4N3O3/c1-3-23-14(22)12(8(2)21)15(25)26-7-11(24)9-5-4-6-10(13(9)17)16(18,19)20/h4-6,21,23H,3,7,22H2,1-2H3/b14-12+,21-8?. The van der Waals surface area contributed by atoms with E-state index in [0.29, 0.717) is 12.6 Å². The van der Waals surface area contributed by atoms with Crippen LogP contribution in [0.15, 0.2) is 29.6 Å². The lowest BCUT2D eigenvalue weighted by Gasteiger charge is -2.12. The van der Waals surface area contributed by atoms with E-state index in [9.17, 15) is 27.2 Å². The van der Waals surface area contributed by atoms with Gasteiger partial charge in [0.2, 0.25) is 5.78 Å². The minimum atomic E-state index is -4.97. The summed E-state index contributed by atoms with van der Waals surface area (Å²) in [5, 5.41) is 10.1. The van der Waals surface area contributed by atoms with Crippen LogP contribution in [-0.4, -0.2) is 30.6 Å². The van der Waals surface area contributed by atoms with Gasteiger partial charge in [0.05, 0.1) is 11.1 Å². The summed E-state index contributed by atoms with van der Waals surface area (Å²) in [5.74, 6) is -4.18. The first-order chi connectivity index (χ1) is 12.0. The van der Waals surface area contributed by atoms with Crippen LogP contribution in [0.25, 0.3) is 0 Å². The van der Waals surface area contributed by atoms with Gasteiger partial charge in [-0.05, 0) is 26.0 Å². The minimum Gasteiger partial charge on any atom is -0.454 e. The molecule has 26 heavy (non-hydrogen) atoms. The van der Waals surface area contributed by atoms with Crippen LogP contribution in [0, 0.1) is 11.2 Å². The van der Waals surface area contributed by atoms with Crippen molar-refractivity contribution in [3.8, 4) is 0 Å². The molecule has 0 amide bonds. The van der Waals surface area contributed by atoms with E-state index in [0.717, 1.165) is 12.1 Å². The molecule has 0 unspecified atom stereocenters. The van der Waals surface area contributed by atoms with Gasteiger partial charge < -0.3 is 21.2 Å². The first-order valence-corrected chi connectivity index (χ1v) is 7.35. The van der Waals surface area contributed by atoms with E-state index in [2.05, 4.69) is 10.1 Å². The van der Waals surface area contributed by atoms with Crippen LogP contribution >= 0.6 is 0 Å². The lowest BCUT2D eigenvalue weighted by Crippen LogP contribution is -2.29. The van der Waals surface area contributed by atoms with Crippen molar-refractivity contribution in [1.82, 2.24) is 5.32 Å². The topological polar surface area (TPSA) is 105 Å². The molecule has 0 saturated heterocycles.